The number of hydrogen-bond donors (Lipinski definition) is 1. The van der Waals surface area contributed by atoms with E-state index in [-0.39, 0.29) is 19.0 Å². The van der Waals surface area contributed by atoms with Crippen LogP contribution >= 0.6 is 0 Å². The number of ether oxygens (including phenoxy) is 11. The van der Waals surface area contributed by atoms with Gasteiger partial charge >= 0.3 is 5.97 Å². The van der Waals surface area contributed by atoms with Gasteiger partial charge in [0.2, 0.25) is 0 Å². The first kappa shape index (κ1) is 37.1. The van der Waals surface area contributed by atoms with Gasteiger partial charge in [0.15, 0.2) is 0 Å². The molecule has 0 radical (unpaired) electrons. The molecular formula is C28H48O13. The summed E-state index contributed by atoms with van der Waals surface area (Å²) in [5, 5.41) is 9.22. The van der Waals surface area contributed by atoms with E-state index in [2.05, 4.69) is 0 Å². The van der Waals surface area contributed by atoms with E-state index in [1.807, 2.05) is 0 Å². The fourth-order valence-corrected chi connectivity index (χ4v) is 2.88. The predicted octanol–water partition coefficient (Wildman–Crippen LogP) is 1.34. The molecule has 13 heteroatoms. The Morgan fingerprint density at radius 1 is 0.463 bits per heavy atom. The minimum atomic E-state index is -0.462. The van der Waals surface area contributed by atoms with E-state index in [1.54, 1.807) is 7.11 Å². The molecule has 1 aromatic carbocycles. The fourth-order valence-electron chi connectivity index (χ4n) is 2.88. The van der Waals surface area contributed by atoms with Crippen molar-refractivity contribution in [1.82, 2.24) is 0 Å². The van der Waals surface area contributed by atoms with Crippen molar-refractivity contribution in [2.75, 3.05) is 139 Å². The van der Waals surface area contributed by atoms with E-state index in [0.29, 0.717) is 124 Å². The molecule has 0 unspecified atom stereocenters. The number of rotatable bonds is 31. The van der Waals surface area contributed by atoms with E-state index >= 15 is 0 Å². The summed E-state index contributed by atoms with van der Waals surface area (Å²) in [5.41, 5.74) is 0.374. The second kappa shape index (κ2) is 29.6. The van der Waals surface area contributed by atoms with Crippen molar-refractivity contribution in [3.8, 4) is 5.75 Å². The zero-order chi connectivity index (χ0) is 29.5. The topological polar surface area (TPSA) is 139 Å². The van der Waals surface area contributed by atoms with Crippen LogP contribution in [0.4, 0.5) is 0 Å². The molecule has 238 valence electrons. The summed E-state index contributed by atoms with van der Waals surface area (Å²) in [5.74, 6) is -0.367. The third-order valence-corrected chi connectivity index (χ3v) is 4.97. The van der Waals surface area contributed by atoms with Gasteiger partial charge < -0.3 is 57.2 Å². The largest absolute Gasteiger partial charge is 0.508 e. The Morgan fingerprint density at radius 3 is 1.02 bits per heavy atom. The van der Waals surface area contributed by atoms with E-state index in [1.165, 1.54) is 24.3 Å². The van der Waals surface area contributed by atoms with Crippen LogP contribution in [0.25, 0.3) is 0 Å². The van der Waals surface area contributed by atoms with Gasteiger partial charge in [-0.15, -0.1) is 0 Å². The summed E-state index contributed by atoms with van der Waals surface area (Å²) >= 11 is 0. The van der Waals surface area contributed by atoms with E-state index < -0.39 is 5.97 Å². The zero-order valence-electron chi connectivity index (χ0n) is 24.3. The molecule has 1 N–H and O–H groups in total. The first-order valence-corrected chi connectivity index (χ1v) is 13.9. The number of hydrogen-bond acceptors (Lipinski definition) is 13. The zero-order valence-corrected chi connectivity index (χ0v) is 24.3. The predicted molar refractivity (Wildman–Crippen MR) is 148 cm³/mol. The van der Waals surface area contributed by atoms with Crippen molar-refractivity contribution in [1.29, 1.82) is 0 Å². The van der Waals surface area contributed by atoms with Gasteiger partial charge in [-0.3, -0.25) is 0 Å². The van der Waals surface area contributed by atoms with Crippen molar-refractivity contribution >= 4 is 5.97 Å². The lowest BCUT2D eigenvalue weighted by molar-refractivity contribution is -0.0266. The standard InChI is InChI=1S/C28H48O13/c1-31-6-7-32-8-9-33-10-11-34-12-13-35-14-15-36-16-17-37-18-19-38-20-21-39-22-23-40-24-25-41-28(30)26-2-4-27(29)5-3-26/h2-5,29H,6-25H2,1H3. The minimum Gasteiger partial charge on any atom is -0.508 e. The minimum absolute atomic E-state index is 0.0943. The molecule has 0 aliphatic rings. The lowest BCUT2D eigenvalue weighted by Gasteiger charge is -2.09. The van der Waals surface area contributed by atoms with Crippen LogP contribution in [0.3, 0.4) is 0 Å². The number of esters is 1. The van der Waals surface area contributed by atoms with Gasteiger partial charge in [0.05, 0.1) is 131 Å². The fraction of sp³-hybridized carbons (Fsp3) is 0.750. The molecule has 1 rings (SSSR count). The third-order valence-electron chi connectivity index (χ3n) is 4.97. The van der Waals surface area contributed by atoms with Crippen molar-refractivity contribution in [2.24, 2.45) is 0 Å². The molecule has 1 aromatic rings. The first-order valence-electron chi connectivity index (χ1n) is 13.9. The normalized spacial score (nSPS) is 11.2. The Balaban J connectivity index is 1.67. The Kier molecular flexibility index (Phi) is 26.8. The first-order chi connectivity index (χ1) is 20.2. The van der Waals surface area contributed by atoms with Gasteiger partial charge in [-0.1, -0.05) is 0 Å². The number of phenols is 1. The SMILES string of the molecule is COCCOCCOCCOCCOCCOCCOCCOCCOCCOCCOC(=O)c1ccc(O)cc1. The number of carbonyl (C=O) groups is 1. The summed E-state index contributed by atoms with van der Waals surface area (Å²) in [7, 11) is 1.64. The second-order valence-corrected chi connectivity index (χ2v) is 8.19. The number of benzene rings is 1. The molecular weight excluding hydrogens is 544 g/mol. The monoisotopic (exact) mass is 592 g/mol. The van der Waals surface area contributed by atoms with Crippen LogP contribution in [0.2, 0.25) is 0 Å². The molecule has 0 aromatic heterocycles. The van der Waals surface area contributed by atoms with Crippen molar-refractivity contribution in [2.45, 2.75) is 0 Å². The van der Waals surface area contributed by atoms with Gasteiger partial charge in [-0.05, 0) is 24.3 Å². The maximum atomic E-state index is 11.8. The number of aromatic hydroxyl groups is 1. The van der Waals surface area contributed by atoms with Crippen LogP contribution in [0.1, 0.15) is 10.4 Å². The quantitative estimate of drug-likeness (QED) is 0.0981. The van der Waals surface area contributed by atoms with Crippen LogP contribution in [-0.2, 0) is 52.1 Å². The lowest BCUT2D eigenvalue weighted by atomic mass is 10.2. The summed E-state index contributed by atoms with van der Waals surface area (Å²) in [6, 6.07) is 5.86. The Morgan fingerprint density at radius 2 is 0.732 bits per heavy atom. The van der Waals surface area contributed by atoms with Crippen molar-refractivity contribution in [3.05, 3.63) is 29.8 Å². The Labute approximate surface area is 243 Å². The summed E-state index contributed by atoms with van der Waals surface area (Å²) in [6.07, 6.45) is 0. The number of carbonyl (C=O) groups excluding carboxylic acids is 1. The lowest BCUT2D eigenvalue weighted by Crippen LogP contribution is -2.15. The molecule has 13 nitrogen and oxygen atoms in total. The van der Waals surface area contributed by atoms with Crippen LogP contribution in [0.15, 0.2) is 24.3 Å². The summed E-state index contributed by atoms with van der Waals surface area (Å²) in [4.78, 5) is 11.8. The van der Waals surface area contributed by atoms with Crippen molar-refractivity contribution < 1.29 is 62.0 Å². The highest BCUT2D eigenvalue weighted by Crippen LogP contribution is 2.10. The molecule has 0 aliphatic carbocycles. The van der Waals surface area contributed by atoms with Gasteiger partial charge in [0.1, 0.15) is 12.4 Å². The Bertz CT molecular complexity index is 690. The molecule has 0 amide bonds. The van der Waals surface area contributed by atoms with E-state index in [4.69, 9.17) is 52.1 Å². The molecule has 0 atom stereocenters. The van der Waals surface area contributed by atoms with Gasteiger partial charge in [0.25, 0.3) is 0 Å². The average Bonchev–Trinajstić information content (AvgIpc) is 2.98. The number of phenolic OH excluding ortho intramolecular Hbond substituents is 1. The average molecular weight is 593 g/mol. The van der Waals surface area contributed by atoms with E-state index in [9.17, 15) is 9.90 Å². The highest BCUT2D eigenvalue weighted by atomic mass is 16.6. The molecule has 0 spiro atoms. The van der Waals surface area contributed by atoms with Gasteiger partial charge in [-0.25, -0.2) is 4.79 Å². The van der Waals surface area contributed by atoms with Crippen LogP contribution < -0.4 is 0 Å². The molecule has 41 heavy (non-hydrogen) atoms. The van der Waals surface area contributed by atoms with Crippen molar-refractivity contribution in [3.63, 3.8) is 0 Å². The maximum absolute atomic E-state index is 11.8. The second-order valence-electron chi connectivity index (χ2n) is 8.19. The number of methoxy groups -OCH3 is 1. The smallest absolute Gasteiger partial charge is 0.338 e. The molecule has 0 saturated heterocycles. The Hall–Kier alpha value is -1.91. The van der Waals surface area contributed by atoms with Gasteiger partial charge in [-0.2, -0.15) is 0 Å². The third kappa shape index (κ3) is 25.5. The highest BCUT2D eigenvalue weighted by molar-refractivity contribution is 5.89. The highest BCUT2D eigenvalue weighted by Gasteiger charge is 2.06. The maximum Gasteiger partial charge on any atom is 0.338 e. The van der Waals surface area contributed by atoms with Gasteiger partial charge in [0, 0.05) is 7.11 Å². The van der Waals surface area contributed by atoms with Crippen LogP contribution in [0.5, 0.6) is 5.75 Å². The molecule has 0 bridgehead atoms. The molecule has 0 fully saturated rings. The molecule has 0 saturated carbocycles. The van der Waals surface area contributed by atoms with Crippen LogP contribution in [-0.4, -0.2) is 150 Å². The van der Waals surface area contributed by atoms with E-state index in [0.717, 1.165) is 0 Å². The summed E-state index contributed by atoms with van der Waals surface area (Å²) < 4.78 is 58.6. The molecule has 0 heterocycles. The summed E-state index contributed by atoms with van der Waals surface area (Å²) in [6.45, 7) is 9.39. The molecule has 0 aliphatic heterocycles. The van der Waals surface area contributed by atoms with Crippen LogP contribution in [0, 0.1) is 0 Å².